The van der Waals surface area contributed by atoms with Crippen LogP contribution in [0.25, 0.3) is 0 Å². The summed E-state index contributed by atoms with van der Waals surface area (Å²) in [5, 5.41) is 23.0. The van der Waals surface area contributed by atoms with Crippen LogP contribution in [-0.4, -0.2) is 69.1 Å². The molecule has 0 heterocycles. The molecular weight excluding hydrogens is 669 g/mol. The molecule has 0 aromatic carbocycles. The summed E-state index contributed by atoms with van der Waals surface area (Å²) in [7, 11) is 0. The Hall–Kier alpha value is -2.98. The van der Waals surface area contributed by atoms with Crippen LogP contribution in [0.3, 0.4) is 0 Å². The molecule has 0 saturated heterocycles. The summed E-state index contributed by atoms with van der Waals surface area (Å²) in [6.45, 7) is 19.7. The number of hydrogen-bond donors (Lipinski definition) is 4. The van der Waals surface area contributed by atoms with Gasteiger partial charge in [0.15, 0.2) is 0 Å². The van der Waals surface area contributed by atoms with E-state index in [4.69, 9.17) is 10.2 Å². The number of carbonyl (C=O) groups is 4. The first-order chi connectivity index (χ1) is 23.4. The van der Waals surface area contributed by atoms with E-state index in [1.54, 1.807) is 0 Å². The van der Waals surface area contributed by atoms with Gasteiger partial charge in [0, 0.05) is 36.9 Å². The molecule has 50 heavy (non-hydrogen) atoms. The van der Waals surface area contributed by atoms with Gasteiger partial charge in [0.05, 0.1) is 0 Å². The topological polar surface area (TPSA) is 133 Å². The number of nitrogens with one attached hydrogen (secondary N) is 2. The molecule has 284 valence electrons. The van der Waals surface area contributed by atoms with E-state index < -0.39 is 24.0 Å². The zero-order valence-corrected chi connectivity index (χ0v) is 34.1. The first-order valence-corrected chi connectivity index (χ1v) is 19.8. The lowest BCUT2D eigenvalue weighted by molar-refractivity contribution is -0.141. The average molecular weight is 735 g/mol. The second-order valence-electron chi connectivity index (χ2n) is 13.2. The lowest BCUT2D eigenvalue weighted by Gasteiger charge is -2.12. The second kappa shape index (κ2) is 30.8. The number of hydrogen-bond acceptors (Lipinski definition) is 6. The van der Waals surface area contributed by atoms with Crippen molar-refractivity contribution >= 4 is 47.3 Å². The molecule has 2 amide bonds. The summed E-state index contributed by atoms with van der Waals surface area (Å²) in [6, 6.07) is -1.63. The van der Waals surface area contributed by atoms with E-state index >= 15 is 0 Å². The van der Waals surface area contributed by atoms with Crippen molar-refractivity contribution in [1.29, 1.82) is 0 Å². The third-order valence-electron chi connectivity index (χ3n) is 7.26. The van der Waals surface area contributed by atoms with Gasteiger partial charge in [-0.3, -0.25) is 9.59 Å². The molecular formula is C40H66N2O6S2. The normalized spacial score (nSPS) is 13.3. The van der Waals surface area contributed by atoms with Crippen LogP contribution in [-0.2, 0) is 19.2 Å². The fourth-order valence-corrected chi connectivity index (χ4v) is 6.29. The summed E-state index contributed by atoms with van der Waals surface area (Å²) >= 11 is 3.04. The van der Waals surface area contributed by atoms with Crippen LogP contribution in [0.5, 0.6) is 0 Å². The van der Waals surface area contributed by atoms with Crippen molar-refractivity contribution in [2.24, 2.45) is 0 Å². The van der Waals surface area contributed by atoms with Crippen molar-refractivity contribution in [1.82, 2.24) is 10.6 Å². The molecule has 0 aliphatic heterocycles. The molecule has 8 nitrogen and oxygen atoms in total. The number of carboxylic acids is 2. The predicted molar refractivity (Wildman–Crippen MR) is 216 cm³/mol. The van der Waals surface area contributed by atoms with Gasteiger partial charge in [-0.05, 0) is 107 Å². The van der Waals surface area contributed by atoms with E-state index in [0.717, 1.165) is 62.9 Å². The fourth-order valence-electron chi connectivity index (χ4n) is 4.29. The van der Waals surface area contributed by atoms with Crippen LogP contribution in [0.2, 0.25) is 0 Å². The Bertz CT molecular complexity index is 1130. The highest BCUT2D eigenvalue weighted by atomic mass is 32.2. The molecule has 0 spiro atoms. The molecule has 0 aliphatic rings. The SMILES string of the molecule is CC(=O)N[C@@H](CSC/C=C(\C)CC/C=C(\C)CCC=C(C)C)C(=O)O.CC(=O)N[C@@H](CSC/C=C(\C)CC/C=C(\C)CCC=C(C)C)C(=O)O. The Kier molecular flexibility index (Phi) is 30.3. The van der Waals surface area contributed by atoms with Crippen LogP contribution < -0.4 is 10.6 Å². The molecule has 0 aromatic rings. The molecule has 0 aromatic heterocycles. The second-order valence-corrected chi connectivity index (χ2v) is 15.3. The molecule has 10 heteroatoms. The van der Waals surface area contributed by atoms with Gasteiger partial charge < -0.3 is 20.8 Å². The van der Waals surface area contributed by atoms with Crippen LogP contribution in [0, 0.1) is 0 Å². The first-order valence-electron chi connectivity index (χ1n) is 17.5. The lowest BCUT2D eigenvalue weighted by Crippen LogP contribution is -2.41. The molecule has 0 rings (SSSR count). The molecule has 0 bridgehead atoms. The lowest BCUT2D eigenvalue weighted by atomic mass is 10.1. The van der Waals surface area contributed by atoms with Gasteiger partial charge in [-0.15, -0.1) is 0 Å². The summed E-state index contributed by atoms with van der Waals surface area (Å²) < 4.78 is 0. The van der Waals surface area contributed by atoms with Gasteiger partial charge in [-0.1, -0.05) is 69.9 Å². The van der Waals surface area contributed by atoms with Gasteiger partial charge in [0.25, 0.3) is 0 Å². The Morgan fingerprint density at radius 3 is 1.02 bits per heavy atom. The zero-order valence-electron chi connectivity index (χ0n) is 32.4. The molecule has 0 saturated carbocycles. The van der Waals surface area contributed by atoms with E-state index in [0.29, 0.717) is 11.5 Å². The van der Waals surface area contributed by atoms with Crippen molar-refractivity contribution in [3.8, 4) is 0 Å². The number of carbonyl (C=O) groups excluding carboxylic acids is 2. The van der Waals surface area contributed by atoms with E-state index in [1.807, 2.05) is 0 Å². The highest BCUT2D eigenvalue weighted by Gasteiger charge is 2.18. The van der Waals surface area contributed by atoms with Crippen LogP contribution in [0.4, 0.5) is 0 Å². The van der Waals surface area contributed by atoms with Crippen molar-refractivity contribution in [2.75, 3.05) is 23.0 Å². The van der Waals surface area contributed by atoms with Crippen molar-refractivity contribution < 1.29 is 29.4 Å². The van der Waals surface area contributed by atoms with Gasteiger partial charge in [0.2, 0.25) is 11.8 Å². The largest absolute Gasteiger partial charge is 0.480 e. The average Bonchev–Trinajstić information content (AvgIpc) is 2.99. The Labute approximate surface area is 311 Å². The highest BCUT2D eigenvalue weighted by Crippen LogP contribution is 2.14. The quantitative estimate of drug-likeness (QED) is 0.0570. The van der Waals surface area contributed by atoms with Crippen LogP contribution >= 0.6 is 23.5 Å². The number of thioether (sulfide) groups is 2. The number of allylic oxidation sites excluding steroid dienone is 10. The predicted octanol–water partition coefficient (Wildman–Crippen LogP) is 9.46. The van der Waals surface area contributed by atoms with E-state index in [2.05, 4.69) is 102 Å². The number of amides is 2. The third-order valence-corrected chi connectivity index (χ3v) is 9.21. The maximum Gasteiger partial charge on any atom is 0.327 e. The van der Waals surface area contributed by atoms with Crippen LogP contribution in [0.15, 0.2) is 69.9 Å². The van der Waals surface area contributed by atoms with Gasteiger partial charge in [-0.2, -0.15) is 23.5 Å². The van der Waals surface area contributed by atoms with Crippen molar-refractivity contribution in [2.45, 2.75) is 133 Å². The third kappa shape index (κ3) is 33.5. The molecule has 0 fully saturated rings. The minimum atomic E-state index is -0.989. The number of aliphatic carboxylic acids is 2. The molecule has 2 atom stereocenters. The van der Waals surface area contributed by atoms with E-state index in [1.165, 1.54) is 70.8 Å². The highest BCUT2D eigenvalue weighted by molar-refractivity contribution is 7.99. The monoisotopic (exact) mass is 734 g/mol. The molecule has 0 radical (unpaired) electrons. The van der Waals surface area contributed by atoms with Crippen molar-refractivity contribution in [3.05, 3.63) is 69.9 Å². The molecule has 4 N–H and O–H groups in total. The van der Waals surface area contributed by atoms with Crippen molar-refractivity contribution in [3.63, 3.8) is 0 Å². The van der Waals surface area contributed by atoms with Gasteiger partial charge in [0.1, 0.15) is 12.1 Å². The minimum absolute atomic E-state index is 0.313. The summed E-state index contributed by atoms with van der Waals surface area (Å²) in [4.78, 5) is 44.0. The fraction of sp³-hybridized carbons (Fsp3) is 0.600. The Morgan fingerprint density at radius 2 is 0.760 bits per heavy atom. The smallest absolute Gasteiger partial charge is 0.327 e. The minimum Gasteiger partial charge on any atom is -0.480 e. The number of carboxylic acid groups (broad SMARTS) is 2. The summed E-state index contributed by atoms with van der Waals surface area (Å²) in [5.74, 6) is -0.326. The summed E-state index contributed by atoms with van der Waals surface area (Å²) in [6.07, 6.45) is 22.0. The standard InChI is InChI=1S/2C20H33NO3S/c2*1-15(2)8-6-9-16(3)10-7-11-17(4)12-13-25-14-19(20(23)24)21-18(5)22/h2*8,10,12,19H,6-7,9,11,13-14H2,1-5H3,(H,21,22)(H,23,24)/b2*16-10+,17-12+/t2*19-/m00/s1. The summed E-state index contributed by atoms with van der Waals surface area (Å²) in [5.41, 5.74) is 8.22. The van der Waals surface area contributed by atoms with Gasteiger partial charge >= 0.3 is 11.9 Å². The van der Waals surface area contributed by atoms with Crippen LogP contribution in [0.1, 0.15) is 121 Å². The first kappa shape index (κ1) is 49.1. The molecule has 0 unspecified atom stereocenters. The van der Waals surface area contributed by atoms with E-state index in [9.17, 15) is 19.2 Å². The maximum atomic E-state index is 11.0. The molecule has 0 aliphatic carbocycles. The zero-order chi connectivity index (χ0) is 38.5. The number of rotatable bonds is 24. The Morgan fingerprint density at radius 1 is 0.480 bits per heavy atom. The van der Waals surface area contributed by atoms with E-state index in [-0.39, 0.29) is 11.8 Å². The maximum absolute atomic E-state index is 11.0. The Balaban J connectivity index is 0. The van der Waals surface area contributed by atoms with Gasteiger partial charge in [-0.25, -0.2) is 9.59 Å².